The van der Waals surface area contributed by atoms with Crippen molar-refractivity contribution in [2.75, 3.05) is 0 Å². The lowest BCUT2D eigenvalue weighted by atomic mass is 10.1. The topological polar surface area (TPSA) is 45.2 Å². The number of aliphatic hydroxyl groups is 1. The summed E-state index contributed by atoms with van der Waals surface area (Å²) in [4.78, 5) is 4.34. The van der Waals surface area contributed by atoms with E-state index in [-0.39, 0.29) is 6.10 Å². The molecule has 0 aliphatic rings. The van der Waals surface area contributed by atoms with Gasteiger partial charge in [0.25, 0.3) is 0 Å². The van der Waals surface area contributed by atoms with Crippen molar-refractivity contribution in [1.29, 1.82) is 0 Å². The third kappa shape index (κ3) is 4.47. The molecule has 1 atom stereocenters. The maximum atomic E-state index is 9.47. The molecule has 0 saturated carbocycles. The molecule has 0 amide bonds. The Bertz CT molecular complexity index is 497. The van der Waals surface area contributed by atoms with Gasteiger partial charge in [-0.25, -0.2) is 0 Å². The molecule has 0 saturated heterocycles. The van der Waals surface area contributed by atoms with E-state index in [2.05, 4.69) is 28.5 Å². The van der Waals surface area contributed by atoms with Gasteiger partial charge in [-0.05, 0) is 24.1 Å². The van der Waals surface area contributed by atoms with Gasteiger partial charge in [0.1, 0.15) is 0 Å². The van der Waals surface area contributed by atoms with Crippen molar-refractivity contribution in [3.63, 3.8) is 0 Å². The van der Waals surface area contributed by atoms with Crippen molar-refractivity contribution in [2.24, 2.45) is 0 Å². The number of benzene rings is 1. The molecular formula is C16H20N2O. The van der Waals surface area contributed by atoms with Crippen LogP contribution in [0.4, 0.5) is 0 Å². The number of nitrogens with zero attached hydrogens (tertiary/aromatic N) is 1. The van der Waals surface area contributed by atoms with E-state index >= 15 is 0 Å². The van der Waals surface area contributed by atoms with Gasteiger partial charge in [-0.1, -0.05) is 36.4 Å². The van der Waals surface area contributed by atoms with Crippen LogP contribution >= 0.6 is 0 Å². The molecule has 100 valence electrons. The molecule has 0 radical (unpaired) electrons. The van der Waals surface area contributed by atoms with Gasteiger partial charge in [-0.15, -0.1) is 0 Å². The summed E-state index contributed by atoms with van der Waals surface area (Å²) in [5.74, 6) is 0. The summed E-state index contributed by atoms with van der Waals surface area (Å²) in [5.41, 5.74) is 3.39. The quantitative estimate of drug-likeness (QED) is 0.833. The standard InChI is InChI=1S/C16H20N2O/c1-13(19)10-16-15(8-5-9-18-16)12-17-11-14-6-3-2-4-7-14/h2-9,13,17,19H,10-12H2,1H3. The smallest absolute Gasteiger partial charge is 0.0567 e. The highest BCUT2D eigenvalue weighted by molar-refractivity contribution is 5.21. The number of hydrogen-bond acceptors (Lipinski definition) is 3. The van der Waals surface area contributed by atoms with Crippen molar-refractivity contribution in [3.05, 3.63) is 65.5 Å². The van der Waals surface area contributed by atoms with Gasteiger partial charge in [0.15, 0.2) is 0 Å². The second kappa shape index (κ2) is 7.02. The SMILES string of the molecule is CC(O)Cc1ncccc1CNCc1ccccc1. The zero-order valence-corrected chi connectivity index (χ0v) is 11.2. The van der Waals surface area contributed by atoms with E-state index in [1.165, 1.54) is 5.56 Å². The summed E-state index contributed by atoms with van der Waals surface area (Å²) in [6, 6.07) is 14.3. The van der Waals surface area contributed by atoms with Crippen LogP contribution in [0.2, 0.25) is 0 Å². The number of rotatable bonds is 6. The molecule has 0 spiro atoms. The van der Waals surface area contributed by atoms with E-state index < -0.39 is 0 Å². The Morgan fingerprint density at radius 1 is 1.11 bits per heavy atom. The Labute approximate surface area is 114 Å². The lowest BCUT2D eigenvalue weighted by molar-refractivity contribution is 0.194. The Morgan fingerprint density at radius 3 is 2.63 bits per heavy atom. The highest BCUT2D eigenvalue weighted by atomic mass is 16.3. The minimum absolute atomic E-state index is 0.359. The van der Waals surface area contributed by atoms with Crippen LogP contribution in [0.3, 0.4) is 0 Å². The summed E-state index contributed by atoms with van der Waals surface area (Å²) >= 11 is 0. The Balaban J connectivity index is 1.92. The van der Waals surface area contributed by atoms with Crippen LogP contribution in [-0.2, 0) is 19.5 Å². The molecule has 0 fully saturated rings. The van der Waals surface area contributed by atoms with Crippen LogP contribution in [0.1, 0.15) is 23.7 Å². The fraction of sp³-hybridized carbons (Fsp3) is 0.312. The van der Waals surface area contributed by atoms with Crippen LogP contribution in [0.25, 0.3) is 0 Å². The maximum absolute atomic E-state index is 9.47. The molecule has 2 N–H and O–H groups in total. The van der Waals surface area contributed by atoms with E-state index in [1.807, 2.05) is 24.3 Å². The van der Waals surface area contributed by atoms with E-state index in [4.69, 9.17) is 0 Å². The van der Waals surface area contributed by atoms with Gasteiger partial charge in [-0.2, -0.15) is 0 Å². The van der Waals surface area contributed by atoms with Crippen molar-refractivity contribution in [1.82, 2.24) is 10.3 Å². The maximum Gasteiger partial charge on any atom is 0.0567 e. The fourth-order valence-electron chi connectivity index (χ4n) is 2.03. The Hall–Kier alpha value is -1.71. The lowest BCUT2D eigenvalue weighted by Gasteiger charge is -2.11. The molecule has 1 unspecified atom stereocenters. The number of aliphatic hydroxyl groups excluding tert-OH is 1. The second-order valence-electron chi connectivity index (χ2n) is 4.75. The van der Waals surface area contributed by atoms with Crippen LogP contribution in [0.15, 0.2) is 48.7 Å². The number of pyridine rings is 1. The molecule has 3 heteroatoms. The molecular weight excluding hydrogens is 236 g/mol. The predicted molar refractivity (Wildman–Crippen MR) is 76.6 cm³/mol. The first kappa shape index (κ1) is 13.7. The molecule has 19 heavy (non-hydrogen) atoms. The molecule has 0 aliphatic carbocycles. The fourth-order valence-corrected chi connectivity index (χ4v) is 2.03. The van der Waals surface area contributed by atoms with Gasteiger partial charge in [0.05, 0.1) is 6.10 Å². The third-order valence-corrected chi connectivity index (χ3v) is 2.96. The van der Waals surface area contributed by atoms with Crippen LogP contribution in [0.5, 0.6) is 0 Å². The van der Waals surface area contributed by atoms with Crippen molar-refractivity contribution < 1.29 is 5.11 Å². The molecule has 3 nitrogen and oxygen atoms in total. The zero-order valence-electron chi connectivity index (χ0n) is 11.2. The van der Waals surface area contributed by atoms with Crippen LogP contribution in [-0.4, -0.2) is 16.2 Å². The van der Waals surface area contributed by atoms with Gasteiger partial charge in [-0.3, -0.25) is 4.98 Å². The zero-order chi connectivity index (χ0) is 13.5. The molecule has 1 heterocycles. The van der Waals surface area contributed by atoms with E-state index in [9.17, 15) is 5.11 Å². The molecule has 2 rings (SSSR count). The van der Waals surface area contributed by atoms with E-state index in [1.54, 1.807) is 13.1 Å². The lowest BCUT2D eigenvalue weighted by Crippen LogP contribution is -2.16. The summed E-state index contributed by atoms with van der Waals surface area (Å²) in [7, 11) is 0. The third-order valence-electron chi connectivity index (χ3n) is 2.96. The van der Waals surface area contributed by atoms with Crippen LogP contribution < -0.4 is 5.32 Å². The first-order valence-corrected chi connectivity index (χ1v) is 6.61. The largest absolute Gasteiger partial charge is 0.393 e. The second-order valence-corrected chi connectivity index (χ2v) is 4.75. The van der Waals surface area contributed by atoms with Crippen molar-refractivity contribution >= 4 is 0 Å². The van der Waals surface area contributed by atoms with Crippen molar-refractivity contribution in [3.8, 4) is 0 Å². The minimum atomic E-state index is -0.359. The first-order chi connectivity index (χ1) is 9.25. The molecule has 2 aromatic rings. The van der Waals surface area contributed by atoms with Gasteiger partial charge < -0.3 is 10.4 Å². The monoisotopic (exact) mass is 256 g/mol. The molecule has 1 aromatic heterocycles. The van der Waals surface area contributed by atoms with Crippen molar-refractivity contribution in [2.45, 2.75) is 32.5 Å². The predicted octanol–water partition coefficient (Wildman–Crippen LogP) is 2.29. The average molecular weight is 256 g/mol. The van der Waals surface area contributed by atoms with Crippen LogP contribution in [0, 0.1) is 0 Å². The number of nitrogens with one attached hydrogen (secondary N) is 1. The van der Waals surface area contributed by atoms with Gasteiger partial charge in [0, 0.05) is 31.4 Å². The summed E-state index contributed by atoms with van der Waals surface area (Å²) in [5, 5.41) is 12.9. The number of hydrogen-bond donors (Lipinski definition) is 2. The minimum Gasteiger partial charge on any atom is -0.393 e. The normalized spacial score (nSPS) is 12.3. The van der Waals surface area contributed by atoms with Gasteiger partial charge in [0.2, 0.25) is 0 Å². The molecule has 0 bridgehead atoms. The van der Waals surface area contributed by atoms with Gasteiger partial charge >= 0.3 is 0 Å². The number of aromatic nitrogens is 1. The Morgan fingerprint density at radius 2 is 1.89 bits per heavy atom. The van der Waals surface area contributed by atoms with E-state index in [0.717, 1.165) is 24.3 Å². The first-order valence-electron chi connectivity index (χ1n) is 6.61. The molecule has 1 aromatic carbocycles. The Kier molecular flexibility index (Phi) is 5.07. The summed E-state index contributed by atoms with van der Waals surface area (Å²) < 4.78 is 0. The van der Waals surface area contributed by atoms with E-state index in [0.29, 0.717) is 6.42 Å². The highest BCUT2D eigenvalue weighted by Gasteiger charge is 2.06. The summed E-state index contributed by atoms with van der Waals surface area (Å²) in [6.45, 7) is 3.39. The summed E-state index contributed by atoms with van der Waals surface area (Å²) in [6.07, 6.45) is 2.02. The average Bonchev–Trinajstić information content (AvgIpc) is 2.41. The molecule has 0 aliphatic heterocycles. The highest BCUT2D eigenvalue weighted by Crippen LogP contribution is 2.08.